The SMILES string of the molecule is CCCCCCCC/C=C\CCCCCCCCCCCC(=O)OC(COCCCCCCCCCCCCC)COC1OC(CO)C(O)C(O)C1O. The Morgan fingerprint density at radius 2 is 1.04 bits per heavy atom. The first-order valence-corrected chi connectivity index (χ1v) is 22.3. The van der Waals surface area contributed by atoms with Crippen molar-refractivity contribution < 1.29 is 44.2 Å². The number of hydrogen-bond donors (Lipinski definition) is 4. The van der Waals surface area contributed by atoms with E-state index in [0.717, 1.165) is 32.1 Å². The molecule has 9 heteroatoms. The number of aliphatic hydroxyl groups excluding tert-OH is 4. The Kier molecular flexibility index (Phi) is 34.5. The van der Waals surface area contributed by atoms with Gasteiger partial charge in [0.05, 0.1) is 19.8 Å². The van der Waals surface area contributed by atoms with Gasteiger partial charge in [0.1, 0.15) is 30.5 Å². The van der Waals surface area contributed by atoms with Gasteiger partial charge in [-0.2, -0.15) is 0 Å². The van der Waals surface area contributed by atoms with E-state index in [0.29, 0.717) is 13.0 Å². The monoisotopic (exact) mass is 757 g/mol. The van der Waals surface area contributed by atoms with E-state index >= 15 is 0 Å². The molecular weight excluding hydrogens is 672 g/mol. The van der Waals surface area contributed by atoms with E-state index < -0.39 is 43.4 Å². The normalized spacial score (nSPS) is 21.1. The standard InChI is InChI=1S/C44H84O9/c1-3-5-7-9-11-13-15-16-17-18-19-20-21-22-23-25-27-29-31-33-40(46)52-38(37-51-44-43(49)42(48)41(47)39(35-45)53-44)36-50-34-32-30-28-26-24-14-12-10-8-6-4-2/h16-17,38-39,41-45,47-49H,3-15,18-37H2,1-2H3/b17-16-. The van der Waals surface area contributed by atoms with Crippen molar-refractivity contribution in [1.82, 2.24) is 0 Å². The van der Waals surface area contributed by atoms with Crippen LogP contribution < -0.4 is 0 Å². The molecule has 0 bridgehead atoms. The van der Waals surface area contributed by atoms with Crippen LogP contribution in [0.2, 0.25) is 0 Å². The third kappa shape index (κ3) is 28.1. The average Bonchev–Trinajstić information content (AvgIpc) is 3.16. The summed E-state index contributed by atoms with van der Waals surface area (Å²) in [6, 6.07) is 0. The maximum Gasteiger partial charge on any atom is 0.306 e. The average molecular weight is 757 g/mol. The van der Waals surface area contributed by atoms with Gasteiger partial charge in [-0.3, -0.25) is 4.79 Å². The zero-order valence-corrected chi connectivity index (χ0v) is 34.3. The molecular formula is C44H84O9. The van der Waals surface area contributed by atoms with Gasteiger partial charge in [-0.15, -0.1) is 0 Å². The lowest BCUT2D eigenvalue weighted by atomic mass is 9.99. The molecule has 9 nitrogen and oxygen atoms in total. The van der Waals surface area contributed by atoms with Crippen LogP contribution in [0.3, 0.4) is 0 Å². The van der Waals surface area contributed by atoms with Crippen molar-refractivity contribution in [1.29, 1.82) is 0 Å². The second kappa shape index (κ2) is 36.6. The molecule has 53 heavy (non-hydrogen) atoms. The Balaban J connectivity index is 2.23. The number of esters is 1. The Hall–Kier alpha value is -1.07. The number of rotatable bonds is 38. The highest BCUT2D eigenvalue weighted by molar-refractivity contribution is 5.69. The lowest BCUT2D eigenvalue weighted by Gasteiger charge is -2.39. The predicted molar refractivity (Wildman–Crippen MR) is 215 cm³/mol. The van der Waals surface area contributed by atoms with Crippen LogP contribution in [0.15, 0.2) is 12.2 Å². The first-order valence-electron chi connectivity index (χ1n) is 22.3. The van der Waals surface area contributed by atoms with E-state index in [1.165, 1.54) is 148 Å². The van der Waals surface area contributed by atoms with Crippen molar-refractivity contribution in [2.45, 2.75) is 237 Å². The van der Waals surface area contributed by atoms with Crippen molar-refractivity contribution in [3.05, 3.63) is 12.2 Å². The third-order valence-electron chi connectivity index (χ3n) is 10.4. The molecule has 1 aliphatic rings. The van der Waals surface area contributed by atoms with E-state index in [4.69, 9.17) is 18.9 Å². The van der Waals surface area contributed by atoms with Crippen LogP contribution in [0.4, 0.5) is 0 Å². The second-order valence-electron chi connectivity index (χ2n) is 15.5. The summed E-state index contributed by atoms with van der Waals surface area (Å²) in [6.45, 7) is 4.57. The number of carbonyl (C=O) groups is 1. The molecule has 1 rings (SSSR count). The number of unbranched alkanes of at least 4 members (excludes halogenated alkanes) is 25. The van der Waals surface area contributed by atoms with E-state index in [1.54, 1.807) is 0 Å². The molecule has 6 unspecified atom stereocenters. The molecule has 1 aliphatic heterocycles. The number of allylic oxidation sites excluding steroid dienone is 2. The van der Waals surface area contributed by atoms with E-state index in [2.05, 4.69) is 26.0 Å². The Morgan fingerprint density at radius 1 is 0.585 bits per heavy atom. The molecule has 0 radical (unpaired) electrons. The van der Waals surface area contributed by atoms with Crippen LogP contribution in [0, 0.1) is 0 Å². The van der Waals surface area contributed by atoms with Gasteiger partial charge < -0.3 is 39.4 Å². The third-order valence-corrected chi connectivity index (χ3v) is 10.4. The number of aliphatic hydroxyl groups is 4. The van der Waals surface area contributed by atoms with Crippen molar-refractivity contribution in [3.63, 3.8) is 0 Å². The summed E-state index contributed by atoms with van der Waals surface area (Å²) in [5.41, 5.74) is 0. The highest BCUT2D eigenvalue weighted by Gasteiger charge is 2.44. The molecule has 0 aromatic rings. The minimum Gasteiger partial charge on any atom is -0.457 e. The fourth-order valence-corrected chi connectivity index (χ4v) is 6.90. The zero-order valence-electron chi connectivity index (χ0n) is 34.3. The minimum atomic E-state index is -1.53. The smallest absolute Gasteiger partial charge is 0.306 e. The zero-order chi connectivity index (χ0) is 38.6. The van der Waals surface area contributed by atoms with Gasteiger partial charge in [0.25, 0.3) is 0 Å². The lowest BCUT2D eigenvalue weighted by Crippen LogP contribution is -2.59. The van der Waals surface area contributed by atoms with Crippen LogP contribution in [0.1, 0.15) is 200 Å². The molecule has 1 fully saturated rings. The molecule has 0 aromatic heterocycles. The quantitative estimate of drug-likeness (QED) is 0.0276. The Labute approximate surface area is 325 Å². The summed E-state index contributed by atoms with van der Waals surface area (Å²) in [7, 11) is 0. The largest absolute Gasteiger partial charge is 0.457 e. The van der Waals surface area contributed by atoms with Crippen LogP contribution in [-0.4, -0.2) is 89.6 Å². The fourth-order valence-electron chi connectivity index (χ4n) is 6.90. The molecule has 0 aromatic carbocycles. The first kappa shape index (κ1) is 49.9. The Bertz CT molecular complexity index is 823. The minimum absolute atomic E-state index is 0.109. The number of hydrogen-bond acceptors (Lipinski definition) is 9. The summed E-state index contributed by atoms with van der Waals surface area (Å²) in [5.74, 6) is -0.313. The molecule has 1 saturated heterocycles. The fraction of sp³-hybridized carbons (Fsp3) is 0.932. The molecule has 0 saturated carbocycles. The van der Waals surface area contributed by atoms with Gasteiger partial charge in [0.15, 0.2) is 6.29 Å². The van der Waals surface area contributed by atoms with Crippen LogP contribution in [0.5, 0.6) is 0 Å². The predicted octanol–water partition coefficient (Wildman–Crippen LogP) is 9.64. The second-order valence-corrected chi connectivity index (χ2v) is 15.5. The van der Waals surface area contributed by atoms with Gasteiger partial charge in [0.2, 0.25) is 0 Å². The Morgan fingerprint density at radius 3 is 1.53 bits per heavy atom. The number of carbonyl (C=O) groups excluding carboxylic acids is 1. The summed E-state index contributed by atoms with van der Waals surface area (Å²) in [5, 5.41) is 40.0. The summed E-state index contributed by atoms with van der Waals surface area (Å²) in [4.78, 5) is 12.8. The van der Waals surface area contributed by atoms with Crippen molar-refractivity contribution >= 4 is 5.97 Å². The highest BCUT2D eigenvalue weighted by Crippen LogP contribution is 2.22. The lowest BCUT2D eigenvalue weighted by molar-refractivity contribution is -0.305. The summed E-state index contributed by atoms with van der Waals surface area (Å²) < 4.78 is 22.8. The van der Waals surface area contributed by atoms with Gasteiger partial charge in [-0.1, -0.05) is 167 Å². The van der Waals surface area contributed by atoms with Gasteiger partial charge in [-0.25, -0.2) is 0 Å². The molecule has 0 amide bonds. The summed E-state index contributed by atoms with van der Waals surface area (Å²) >= 11 is 0. The van der Waals surface area contributed by atoms with Crippen molar-refractivity contribution in [2.75, 3.05) is 26.4 Å². The topological polar surface area (TPSA) is 135 Å². The van der Waals surface area contributed by atoms with Gasteiger partial charge in [0, 0.05) is 13.0 Å². The number of ether oxygens (including phenoxy) is 4. The molecule has 6 atom stereocenters. The van der Waals surface area contributed by atoms with Crippen molar-refractivity contribution in [2.24, 2.45) is 0 Å². The van der Waals surface area contributed by atoms with E-state index in [1.807, 2.05) is 0 Å². The maximum atomic E-state index is 12.8. The van der Waals surface area contributed by atoms with Gasteiger partial charge in [-0.05, 0) is 38.5 Å². The summed E-state index contributed by atoms with van der Waals surface area (Å²) in [6.07, 6.45) is 32.3. The van der Waals surface area contributed by atoms with Gasteiger partial charge >= 0.3 is 5.97 Å². The van der Waals surface area contributed by atoms with Crippen LogP contribution >= 0.6 is 0 Å². The highest BCUT2D eigenvalue weighted by atomic mass is 16.7. The van der Waals surface area contributed by atoms with Crippen LogP contribution in [-0.2, 0) is 23.7 Å². The van der Waals surface area contributed by atoms with Crippen LogP contribution in [0.25, 0.3) is 0 Å². The molecule has 0 aliphatic carbocycles. The van der Waals surface area contributed by atoms with Crippen molar-refractivity contribution in [3.8, 4) is 0 Å². The van der Waals surface area contributed by atoms with E-state index in [-0.39, 0.29) is 19.2 Å². The maximum absolute atomic E-state index is 12.8. The molecule has 4 N–H and O–H groups in total. The van der Waals surface area contributed by atoms with E-state index in [9.17, 15) is 25.2 Å². The molecule has 0 spiro atoms. The molecule has 1 heterocycles. The first-order chi connectivity index (χ1) is 25.9. The molecule has 314 valence electrons.